The van der Waals surface area contributed by atoms with E-state index in [2.05, 4.69) is 4.98 Å². The van der Waals surface area contributed by atoms with E-state index in [1.165, 1.54) is 6.20 Å². The van der Waals surface area contributed by atoms with E-state index in [1.54, 1.807) is 13.8 Å². The van der Waals surface area contributed by atoms with Gasteiger partial charge in [-0.05, 0) is 46.2 Å². The molecule has 0 saturated heterocycles. The summed E-state index contributed by atoms with van der Waals surface area (Å²) >= 11 is 0. The van der Waals surface area contributed by atoms with Crippen LogP contribution in [0, 0.1) is 5.41 Å². The van der Waals surface area contributed by atoms with Crippen molar-refractivity contribution in [3.05, 3.63) is 53.9 Å². The molecule has 0 aliphatic carbocycles. The fourth-order valence-electron chi connectivity index (χ4n) is 2.78. The van der Waals surface area contributed by atoms with Gasteiger partial charge in [0, 0.05) is 12.0 Å². The quantitative estimate of drug-likeness (QED) is 0.363. The number of carbonyl (C=O) groups excluding carboxylic acids is 2. The van der Waals surface area contributed by atoms with Gasteiger partial charge in [0.15, 0.2) is 5.41 Å². The maximum atomic E-state index is 12.9. The first-order chi connectivity index (χ1) is 13.4. The number of ether oxygens (including phenoxy) is 2. The summed E-state index contributed by atoms with van der Waals surface area (Å²) in [5.74, 6) is -0.395. The van der Waals surface area contributed by atoms with Crippen molar-refractivity contribution in [1.82, 2.24) is 4.98 Å². The maximum Gasteiger partial charge on any atom is 0.324 e. The van der Waals surface area contributed by atoms with Gasteiger partial charge in [0.05, 0.1) is 19.4 Å². The molecule has 0 unspecified atom stereocenters. The molecule has 1 aromatic carbocycles. The van der Waals surface area contributed by atoms with Gasteiger partial charge in [-0.1, -0.05) is 29.8 Å². The Morgan fingerprint density at radius 2 is 1.68 bits per heavy atom. The summed E-state index contributed by atoms with van der Waals surface area (Å²) in [5, 5.41) is 0. The summed E-state index contributed by atoms with van der Waals surface area (Å²) in [6.07, 6.45) is 3.54. The van der Waals surface area contributed by atoms with Crippen LogP contribution >= 0.6 is 0 Å². The highest BCUT2D eigenvalue weighted by molar-refractivity contribution is 6.00. The summed E-state index contributed by atoms with van der Waals surface area (Å²) in [5.41, 5.74) is 0.285. The van der Waals surface area contributed by atoms with Crippen molar-refractivity contribution in [2.24, 2.45) is 5.41 Å². The zero-order chi connectivity index (χ0) is 20.6. The molecule has 150 valence electrons. The van der Waals surface area contributed by atoms with Crippen molar-refractivity contribution < 1.29 is 23.5 Å². The number of carbonyl (C=O) groups is 2. The Hall–Kier alpha value is -2.89. The molecule has 6 heteroatoms. The van der Waals surface area contributed by atoms with Gasteiger partial charge in [0.25, 0.3) is 0 Å². The van der Waals surface area contributed by atoms with Gasteiger partial charge in [-0.2, -0.15) is 0 Å². The Labute approximate surface area is 165 Å². The summed E-state index contributed by atoms with van der Waals surface area (Å²) in [7, 11) is 0. The minimum absolute atomic E-state index is 0.00821. The van der Waals surface area contributed by atoms with Gasteiger partial charge in [0.2, 0.25) is 5.89 Å². The first kappa shape index (κ1) is 21.4. The molecule has 0 fully saturated rings. The molecular weight excluding hydrogens is 358 g/mol. The van der Waals surface area contributed by atoms with E-state index in [9.17, 15) is 9.59 Å². The molecule has 28 heavy (non-hydrogen) atoms. The third kappa shape index (κ3) is 5.09. The standard InChI is InChI=1S/C22H27NO5/c1-5-26-20(24)22(13-12-16(3)4,21(25)27-6-2)14-18-15-23-19(28-18)17-10-8-7-9-11-17/h7-12,15H,5-6,13-14H2,1-4H3. The smallest absolute Gasteiger partial charge is 0.324 e. The van der Waals surface area contributed by atoms with Crippen LogP contribution in [0.5, 0.6) is 0 Å². The average molecular weight is 385 g/mol. The van der Waals surface area contributed by atoms with Crippen LogP contribution in [0.25, 0.3) is 11.5 Å². The van der Waals surface area contributed by atoms with E-state index in [0.29, 0.717) is 11.7 Å². The molecule has 0 spiro atoms. The first-order valence-electron chi connectivity index (χ1n) is 9.41. The van der Waals surface area contributed by atoms with Gasteiger partial charge in [0.1, 0.15) is 5.76 Å². The molecule has 0 aliphatic rings. The largest absolute Gasteiger partial charge is 0.465 e. The minimum atomic E-state index is -1.52. The number of allylic oxidation sites excluding steroid dienone is 2. The monoisotopic (exact) mass is 385 g/mol. The Bertz CT molecular complexity index is 800. The second kappa shape index (κ2) is 9.88. The molecule has 1 heterocycles. The Balaban J connectivity index is 2.42. The lowest BCUT2D eigenvalue weighted by Gasteiger charge is -2.27. The summed E-state index contributed by atoms with van der Waals surface area (Å²) in [6.45, 7) is 7.56. The zero-order valence-corrected chi connectivity index (χ0v) is 16.9. The highest BCUT2D eigenvalue weighted by Gasteiger charge is 2.49. The third-order valence-corrected chi connectivity index (χ3v) is 4.24. The van der Waals surface area contributed by atoms with Crippen LogP contribution in [0.15, 0.2) is 52.6 Å². The average Bonchev–Trinajstić information content (AvgIpc) is 3.14. The molecule has 0 saturated carbocycles. The van der Waals surface area contributed by atoms with Crippen LogP contribution in [0.3, 0.4) is 0 Å². The topological polar surface area (TPSA) is 78.6 Å². The molecule has 0 aliphatic heterocycles. The number of nitrogens with zero attached hydrogens (tertiary/aromatic N) is 1. The second-order valence-corrected chi connectivity index (χ2v) is 6.68. The van der Waals surface area contributed by atoms with Gasteiger partial charge < -0.3 is 13.9 Å². The number of benzene rings is 1. The lowest BCUT2D eigenvalue weighted by Crippen LogP contribution is -2.43. The fourth-order valence-corrected chi connectivity index (χ4v) is 2.78. The molecule has 1 aromatic heterocycles. The van der Waals surface area contributed by atoms with E-state index in [4.69, 9.17) is 13.9 Å². The van der Waals surface area contributed by atoms with Crippen molar-refractivity contribution in [2.75, 3.05) is 13.2 Å². The van der Waals surface area contributed by atoms with Crippen LogP contribution in [0.2, 0.25) is 0 Å². The predicted molar refractivity (Wildman–Crippen MR) is 105 cm³/mol. The van der Waals surface area contributed by atoms with Crippen LogP contribution in [-0.2, 0) is 25.5 Å². The van der Waals surface area contributed by atoms with Gasteiger partial charge in [-0.15, -0.1) is 0 Å². The number of aromatic nitrogens is 1. The lowest BCUT2D eigenvalue weighted by molar-refractivity contribution is -0.172. The fraction of sp³-hybridized carbons (Fsp3) is 0.409. The third-order valence-electron chi connectivity index (χ3n) is 4.24. The van der Waals surface area contributed by atoms with E-state index in [0.717, 1.165) is 11.1 Å². The maximum absolute atomic E-state index is 12.9. The van der Waals surface area contributed by atoms with Crippen LogP contribution in [0.4, 0.5) is 0 Å². The number of rotatable bonds is 9. The van der Waals surface area contributed by atoms with E-state index in [1.807, 2.05) is 50.3 Å². The summed E-state index contributed by atoms with van der Waals surface area (Å²) in [6, 6.07) is 9.43. The van der Waals surface area contributed by atoms with Crippen molar-refractivity contribution in [1.29, 1.82) is 0 Å². The van der Waals surface area contributed by atoms with Gasteiger partial charge >= 0.3 is 11.9 Å². The molecule has 0 amide bonds. The number of esters is 2. The molecule has 2 rings (SSSR count). The van der Waals surface area contributed by atoms with Crippen molar-refractivity contribution in [2.45, 2.75) is 40.5 Å². The molecule has 6 nitrogen and oxygen atoms in total. The zero-order valence-electron chi connectivity index (χ0n) is 16.9. The molecule has 2 aromatic rings. The van der Waals surface area contributed by atoms with E-state index < -0.39 is 17.4 Å². The summed E-state index contributed by atoms with van der Waals surface area (Å²) < 4.78 is 16.3. The lowest BCUT2D eigenvalue weighted by atomic mass is 9.79. The van der Waals surface area contributed by atoms with Gasteiger partial charge in [-0.3, -0.25) is 9.59 Å². The van der Waals surface area contributed by atoms with E-state index >= 15 is 0 Å². The first-order valence-corrected chi connectivity index (χ1v) is 9.41. The molecule has 0 radical (unpaired) electrons. The molecule has 0 atom stereocenters. The highest BCUT2D eigenvalue weighted by atomic mass is 16.6. The minimum Gasteiger partial charge on any atom is -0.465 e. The van der Waals surface area contributed by atoms with Crippen molar-refractivity contribution >= 4 is 11.9 Å². The van der Waals surface area contributed by atoms with Crippen molar-refractivity contribution in [3.63, 3.8) is 0 Å². The van der Waals surface area contributed by atoms with Crippen molar-refractivity contribution in [3.8, 4) is 11.5 Å². The Morgan fingerprint density at radius 3 is 2.21 bits per heavy atom. The number of hydrogen-bond donors (Lipinski definition) is 0. The van der Waals surface area contributed by atoms with Crippen LogP contribution in [-0.4, -0.2) is 30.1 Å². The number of oxazole rings is 1. The highest BCUT2D eigenvalue weighted by Crippen LogP contribution is 2.33. The van der Waals surface area contributed by atoms with E-state index in [-0.39, 0.29) is 26.1 Å². The normalized spacial score (nSPS) is 11.0. The Kier molecular flexibility index (Phi) is 7.55. The Morgan fingerprint density at radius 1 is 1.07 bits per heavy atom. The van der Waals surface area contributed by atoms with Gasteiger partial charge in [-0.25, -0.2) is 4.98 Å². The summed E-state index contributed by atoms with van der Waals surface area (Å²) in [4.78, 5) is 30.0. The second-order valence-electron chi connectivity index (χ2n) is 6.68. The van der Waals surface area contributed by atoms with Crippen LogP contribution in [0.1, 0.15) is 39.9 Å². The SMILES string of the molecule is CCOC(=O)C(CC=C(C)C)(Cc1cnc(-c2ccccc2)o1)C(=O)OCC. The molecule has 0 N–H and O–H groups in total. The molecule has 0 bridgehead atoms. The number of hydrogen-bond acceptors (Lipinski definition) is 6. The predicted octanol–water partition coefficient (Wildman–Crippen LogP) is 4.35. The van der Waals surface area contributed by atoms with Crippen LogP contribution < -0.4 is 0 Å². The molecular formula is C22H27NO5.